The van der Waals surface area contributed by atoms with Gasteiger partial charge in [0, 0.05) is 38.8 Å². The number of piperazine rings is 1. The molecule has 9 nitrogen and oxygen atoms in total. The highest BCUT2D eigenvalue weighted by Gasteiger charge is 2.29. The standard InChI is InChI=1S/C24H31N3O6S/c1-24(2,3)33-23(29)27-15-13-26(14-16-27)22(28)18-7-6-8-21(17-18)34(30,31)25(4)19-9-11-20(32-5)12-10-19/h6-12,17H,13-16H2,1-5H3. The van der Waals surface area contributed by atoms with E-state index in [0.717, 1.165) is 4.31 Å². The van der Waals surface area contributed by atoms with Crippen molar-refractivity contribution in [2.75, 3.05) is 44.6 Å². The van der Waals surface area contributed by atoms with Crippen LogP contribution >= 0.6 is 0 Å². The van der Waals surface area contributed by atoms with Crippen LogP contribution in [0, 0.1) is 0 Å². The van der Waals surface area contributed by atoms with Gasteiger partial charge in [0.25, 0.3) is 15.9 Å². The molecule has 1 heterocycles. The second-order valence-electron chi connectivity index (χ2n) is 8.96. The van der Waals surface area contributed by atoms with E-state index < -0.39 is 21.7 Å². The molecule has 184 valence electrons. The van der Waals surface area contributed by atoms with E-state index in [1.165, 1.54) is 26.3 Å². The van der Waals surface area contributed by atoms with E-state index in [2.05, 4.69) is 0 Å². The Kier molecular flexibility index (Phi) is 7.40. The molecule has 10 heteroatoms. The number of carbonyl (C=O) groups is 2. The minimum atomic E-state index is -3.88. The predicted molar refractivity (Wildman–Crippen MR) is 129 cm³/mol. The zero-order valence-electron chi connectivity index (χ0n) is 20.1. The third kappa shape index (κ3) is 5.80. The number of nitrogens with zero attached hydrogens (tertiary/aromatic N) is 3. The Bertz CT molecular complexity index is 1130. The lowest BCUT2D eigenvalue weighted by Crippen LogP contribution is -2.51. The van der Waals surface area contributed by atoms with Gasteiger partial charge in [-0.2, -0.15) is 0 Å². The average Bonchev–Trinajstić information content (AvgIpc) is 2.82. The summed E-state index contributed by atoms with van der Waals surface area (Å²) in [6, 6.07) is 12.7. The van der Waals surface area contributed by atoms with Crippen molar-refractivity contribution in [2.24, 2.45) is 0 Å². The first-order chi connectivity index (χ1) is 15.9. The highest BCUT2D eigenvalue weighted by atomic mass is 32.2. The molecule has 0 saturated carbocycles. The maximum atomic E-state index is 13.2. The van der Waals surface area contributed by atoms with E-state index in [-0.39, 0.29) is 16.4 Å². The molecule has 0 atom stereocenters. The zero-order chi connectivity index (χ0) is 25.1. The predicted octanol–water partition coefficient (Wildman–Crippen LogP) is 3.21. The molecule has 2 aromatic rings. The van der Waals surface area contributed by atoms with Crippen molar-refractivity contribution in [3.8, 4) is 5.75 Å². The Morgan fingerprint density at radius 3 is 2.09 bits per heavy atom. The first-order valence-electron chi connectivity index (χ1n) is 10.9. The maximum absolute atomic E-state index is 13.2. The lowest BCUT2D eigenvalue weighted by molar-refractivity contribution is 0.0141. The van der Waals surface area contributed by atoms with Crippen molar-refractivity contribution in [1.29, 1.82) is 0 Å². The van der Waals surface area contributed by atoms with Gasteiger partial charge < -0.3 is 19.3 Å². The molecular weight excluding hydrogens is 458 g/mol. The van der Waals surface area contributed by atoms with Gasteiger partial charge in [-0.1, -0.05) is 6.07 Å². The second-order valence-corrected chi connectivity index (χ2v) is 10.9. The van der Waals surface area contributed by atoms with Crippen molar-refractivity contribution in [3.63, 3.8) is 0 Å². The van der Waals surface area contributed by atoms with Crippen LogP contribution in [0.15, 0.2) is 53.4 Å². The molecule has 0 aliphatic carbocycles. The van der Waals surface area contributed by atoms with E-state index in [9.17, 15) is 18.0 Å². The normalized spacial score (nSPS) is 14.5. The van der Waals surface area contributed by atoms with Gasteiger partial charge in [-0.15, -0.1) is 0 Å². The minimum Gasteiger partial charge on any atom is -0.497 e. The summed E-state index contributed by atoms with van der Waals surface area (Å²) >= 11 is 0. The molecule has 0 unspecified atom stereocenters. The van der Waals surface area contributed by atoms with E-state index >= 15 is 0 Å². The molecule has 1 saturated heterocycles. The van der Waals surface area contributed by atoms with Crippen LogP contribution < -0.4 is 9.04 Å². The van der Waals surface area contributed by atoms with E-state index in [0.29, 0.717) is 37.6 Å². The number of benzene rings is 2. The fraction of sp³-hybridized carbons (Fsp3) is 0.417. The van der Waals surface area contributed by atoms with Crippen LogP contribution in [-0.2, 0) is 14.8 Å². The van der Waals surface area contributed by atoms with E-state index in [4.69, 9.17) is 9.47 Å². The molecule has 0 aromatic heterocycles. The highest BCUT2D eigenvalue weighted by molar-refractivity contribution is 7.92. The van der Waals surface area contributed by atoms with Gasteiger partial charge in [0.1, 0.15) is 11.4 Å². The first-order valence-corrected chi connectivity index (χ1v) is 12.4. The van der Waals surface area contributed by atoms with E-state index in [1.807, 2.05) is 0 Å². The minimum absolute atomic E-state index is 0.0176. The van der Waals surface area contributed by atoms with Crippen molar-refractivity contribution < 1.29 is 27.5 Å². The van der Waals surface area contributed by atoms with Crippen molar-refractivity contribution in [1.82, 2.24) is 9.80 Å². The molecule has 1 aliphatic rings. The Labute approximate surface area is 200 Å². The largest absolute Gasteiger partial charge is 0.497 e. The molecule has 1 fully saturated rings. The van der Waals surface area contributed by atoms with Crippen molar-refractivity contribution in [3.05, 3.63) is 54.1 Å². The molecule has 34 heavy (non-hydrogen) atoms. The van der Waals surface area contributed by atoms with Crippen LogP contribution in [0.2, 0.25) is 0 Å². The van der Waals surface area contributed by atoms with Crippen molar-refractivity contribution in [2.45, 2.75) is 31.3 Å². The molecule has 2 amide bonds. The summed E-state index contributed by atoms with van der Waals surface area (Å²) in [5, 5.41) is 0. The summed E-state index contributed by atoms with van der Waals surface area (Å²) in [5.41, 5.74) is 0.153. The number of anilines is 1. The Morgan fingerprint density at radius 2 is 1.53 bits per heavy atom. The number of hydrogen-bond donors (Lipinski definition) is 0. The molecule has 3 rings (SSSR count). The van der Waals surface area contributed by atoms with Gasteiger partial charge in [-0.25, -0.2) is 13.2 Å². The van der Waals surface area contributed by atoms with Crippen LogP contribution in [0.4, 0.5) is 10.5 Å². The smallest absolute Gasteiger partial charge is 0.410 e. The summed E-state index contributed by atoms with van der Waals surface area (Å²) in [7, 11) is -0.886. The molecule has 2 aromatic carbocycles. The fourth-order valence-electron chi connectivity index (χ4n) is 3.48. The topological polar surface area (TPSA) is 96.5 Å². The number of sulfonamides is 1. The third-order valence-corrected chi connectivity index (χ3v) is 7.18. The number of ether oxygens (including phenoxy) is 2. The SMILES string of the molecule is COc1ccc(N(C)S(=O)(=O)c2cccc(C(=O)N3CCN(C(=O)OC(C)(C)C)CC3)c2)cc1. The van der Waals surface area contributed by atoms with Gasteiger partial charge in [0.15, 0.2) is 0 Å². The van der Waals surface area contributed by atoms with Crippen LogP contribution in [0.1, 0.15) is 31.1 Å². The second kappa shape index (κ2) is 9.92. The number of hydrogen-bond acceptors (Lipinski definition) is 6. The fourth-order valence-corrected chi connectivity index (χ4v) is 4.72. The molecule has 1 aliphatic heterocycles. The zero-order valence-corrected chi connectivity index (χ0v) is 21.0. The summed E-state index contributed by atoms with van der Waals surface area (Å²) in [6.07, 6.45) is -0.408. The molecule has 0 bridgehead atoms. The quantitative estimate of drug-likeness (QED) is 0.640. The lowest BCUT2D eigenvalue weighted by atomic mass is 10.2. The summed E-state index contributed by atoms with van der Waals surface area (Å²) in [4.78, 5) is 28.5. The van der Waals surface area contributed by atoms with Crippen LogP contribution in [0.3, 0.4) is 0 Å². The monoisotopic (exact) mass is 489 g/mol. The van der Waals surface area contributed by atoms with Gasteiger partial charge >= 0.3 is 6.09 Å². The Morgan fingerprint density at radius 1 is 0.941 bits per heavy atom. The van der Waals surface area contributed by atoms with Crippen LogP contribution in [0.5, 0.6) is 5.75 Å². The average molecular weight is 490 g/mol. The van der Waals surface area contributed by atoms with Crippen LogP contribution in [0.25, 0.3) is 0 Å². The maximum Gasteiger partial charge on any atom is 0.410 e. The van der Waals surface area contributed by atoms with Gasteiger partial charge in [-0.05, 0) is 63.2 Å². The van der Waals surface area contributed by atoms with Gasteiger partial charge in [0.05, 0.1) is 17.7 Å². The number of rotatable bonds is 5. The third-order valence-electron chi connectivity index (χ3n) is 5.39. The number of carbonyl (C=O) groups excluding carboxylic acids is 2. The Hall–Kier alpha value is -3.27. The number of methoxy groups -OCH3 is 1. The summed E-state index contributed by atoms with van der Waals surface area (Å²) in [5.74, 6) is 0.335. The Balaban J connectivity index is 1.71. The van der Waals surface area contributed by atoms with Crippen LogP contribution in [-0.4, -0.2) is 76.2 Å². The molecule has 0 radical (unpaired) electrons. The van der Waals surface area contributed by atoms with E-state index in [1.54, 1.807) is 67.0 Å². The highest BCUT2D eigenvalue weighted by Crippen LogP contribution is 2.25. The van der Waals surface area contributed by atoms with Gasteiger partial charge in [-0.3, -0.25) is 9.10 Å². The van der Waals surface area contributed by atoms with Crippen molar-refractivity contribution >= 4 is 27.7 Å². The summed E-state index contributed by atoms with van der Waals surface area (Å²) in [6.45, 7) is 6.77. The lowest BCUT2D eigenvalue weighted by Gasteiger charge is -2.35. The molecular formula is C24H31N3O6S. The number of amides is 2. The van der Waals surface area contributed by atoms with Gasteiger partial charge in [0.2, 0.25) is 0 Å². The summed E-state index contributed by atoms with van der Waals surface area (Å²) < 4.78 is 38.0. The first kappa shape index (κ1) is 25.4. The molecule has 0 N–H and O–H groups in total. The molecule has 0 spiro atoms.